The number of nitrogens with two attached hydrogens (primary N) is 1. The second-order valence-corrected chi connectivity index (χ2v) is 5.42. The highest BCUT2D eigenvalue weighted by molar-refractivity contribution is 5.61. The number of nitrogens with zero attached hydrogens (tertiary/aromatic N) is 1. The zero-order valence-corrected chi connectivity index (χ0v) is 12.7. The van der Waals surface area contributed by atoms with Gasteiger partial charge in [-0.25, -0.2) is 0 Å². The van der Waals surface area contributed by atoms with Gasteiger partial charge in [-0.2, -0.15) is 0 Å². The lowest BCUT2D eigenvalue weighted by atomic mass is 10.2. The molecule has 0 heterocycles. The van der Waals surface area contributed by atoms with Gasteiger partial charge in [0.05, 0.1) is 11.8 Å². The zero-order valence-electron chi connectivity index (χ0n) is 12.7. The average Bonchev–Trinajstić information content (AvgIpc) is 2.32. The first-order chi connectivity index (χ1) is 8.90. The third-order valence-corrected chi connectivity index (χ3v) is 3.05. The minimum atomic E-state index is 0.129. The highest BCUT2D eigenvalue weighted by atomic mass is 16.5. The Labute approximate surface area is 116 Å². The first-order valence-corrected chi connectivity index (χ1v) is 6.90. The van der Waals surface area contributed by atoms with Gasteiger partial charge in [0, 0.05) is 30.9 Å². The summed E-state index contributed by atoms with van der Waals surface area (Å²) < 4.78 is 5.68. The van der Waals surface area contributed by atoms with Crippen molar-refractivity contribution in [2.75, 3.05) is 31.2 Å². The van der Waals surface area contributed by atoms with E-state index < -0.39 is 0 Å². The van der Waals surface area contributed by atoms with Crippen LogP contribution >= 0.6 is 0 Å². The number of nitrogens with one attached hydrogen (secondary N) is 1. The van der Waals surface area contributed by atoms with Crippen molar-refractivity contribution >= 4 is 11.4 Å². The summed E-state index contributed by atoms with van der Waals surface area (Å²) >= 11 is 0. The quantitative estimate of drug-likeness (QED) is 0.744. The van der Waals surface area contributed by atoms with Crippen molar-refractivity contribution in [1.82, 2.24) is 4.90 Å². The van der Waals surface area contributed by atoms with Crippen molar-refractivity contribution in [2.45, 2.75) is 39.8 Å². The molecule has 1 aromatic rings. The fraction of sp³-hybridized carbons (Fsp3) is 0.600. The minimum absolute atomic E-state index is 0.129. The van der Waals surface area contributed by atoms with Crippen LogP contribution in [0, 0.1) is 0 Å². The van der Waals surface area contributed by atoms with Gasteiger partial charge in [-0.3, -0.25) is 0 Å². The molecule has 108 valence electrons. The average molecular weight is 265 g/mol. The number of ether oxygens (including phenoxy) is 1. The molecule has 0 amide bonds. The summed E-state index contributed by atoms with van der Waals surface area (Å²) in [6, 6.07) is 6.39. The van der Waals surface area contributed by atoms with Crippen LogP contribution in [0.25, 0.3) is 0 Å². The molecule has 1 aromatic carbocycles. The summed E-state index contributed by atoms with van der Waals surface area (Å²) in [6.07, 6.45) is 0.129. The van der Waals surface area contributed by atoms with E-state index in [1.165, 1.54) is 0 Å². The van der Waals surface area contributed by atoms with Gasteiger partial charge in [-0.1, -0.05) is 0 Å². The van der Waals surface area contributed by atoms with E-state index in [4.69, 9.17) is 10.5 Å². The van der Waals surface area contributed by atoms with Crippen LogP contribution in [0.15, 0.2) is 18.2 Å². The lowest BCUT2D eigenvalue weighted by Gasteiger charge is -2.21. The molecule has 0 atom stereocenters. The van der Waals surface area contributed by atoms with Crippen molar-refractivity contribution in [3.05, 3.63) is 18.2 Å². The van der Waals surface area contributed by atoms with Crippen molar-refractivity contribution in [3.63, 3.8) is 0 Å². The predicted octanol–water partition coefficient (Wildman–Crippen LogP) is 2.81. The van der Waals surface area contributed by atoms with E-state index in [2.05, 4.69) is 31.1 Å². The molecule has 4 nitrogen and oxygen atoms in total. The summed E-state index contributed by atoms with van der Waals surface area (Å²) in [4.78, 5) is 2.30. The first kappa shape index (κ1) is 15.6. The second kappa shape index (κ2) is 7.24. The molecule has 3 N–H and O–H groups in total. The summed E-state index contributed by atoms with van der Waals surface area (Å²) in [5.41, 5.74) is 7.62. The molecule has 0 radical (unpaired) electrons. The maximum absolute atomic E-state index is 5.89. The predicted molar refractivity (Wildman–Crippen MR) is 82.9 cm³/mol. The molecule has 0 aliphatic rings. The third-order valence-electron chi connectivity index (χ3n) is 3.05. The number of likely N-dealkylation sites (N-methyl/N-ethyl adjacent to an activating group) is 1. The lowest BCUT2D eigenvalue weighted by molar-refractivity contribution is 0.244. The van der Waals surface area contributed by atoms with Crippen molar-refractivity contribution in [1.29, 1.82) is 0 Å². The molecule has 0 unspecified atom stereocenters. The number of nitrogen functional groups attached to an aromatic ring is 1. The molecule has 4 heteroatoms. The molecule has 0 spiro atoms. The Morgan fingerprint density at radius 2 is 1.95 bits per heavy atom. The van der Waals surface area contributed by atoms with Crippen molar-refractivity contribution in [2.24, 2.45) is 0 Å². The molecule has 0 saturated heterocycles. The van der Waals surface area contributed by atoms with E-state index >= 15 is 0 Å². The monoisotopic (exact) mass is 265 g/mol. The Balaban J connectivity index is 2.55. The molecule has 0 aliphatic heterocycles. The Morgan fingerprint density at radius 1 is 1.26 bits per heavy atom. The topological polar surface area (TPSA) is 50.5 Å². The Kier molecular flexibility index (Phi) is 5.96. The number of hydrogen-bond donors (Lipinski definition) is 2. The van der Waals surface area contributed by atoms with E-state index in [1.54, 1.807) is 0 Å². The maximum atomic E-state index is 5.89. The largest absolute Gasteiger partial charge is 0.489 e. The highest BCUT2D eigenvalue weighted by Crippen LogP contribution is 2.26. The van der Waals surface area contributed by atoms with Crippen LogP contribution in [0.5, 0.6) is 5.75 Å². The van der Waals surface area contributed by atoms with Gasteiger partial charge in [0.15, 0.2) is 0 Å². The van der Waals surface area contributed by atoms with E-state index in [-0.39, 0.29) is 6.10 Å². The van der Waals surface area contributed by atoms with Gasteiger partial charge >= 0.3 is 0 Å². The summed E-state index contributed by atoms with van der Waals surface area (Å²) in [5, 5.41) is 3.39. The van der Waals surface area contributed by atoms with E-state index in [0.717, 1.165) is 24.5 Å². The highest BCUT2D eigenvalue weighted by Gasteiger charge is 2.05. The van der Waals surface area contributed by atoms with Crippen LogP contribution in [0.1, 0.15) is 27.7 Å². The first-order valence-electron chi connectivity index (χ1n) is 6.90. The molecule has 0 aliphatic carbocycles. The molecular weight excluding hydrogens is 238 g/mol. The molecule has 1 rings (SSSR count). The lowest BCUT2D eigenvalue weighted by Crippen LogP contribution is -2.31. The van der Waals surface area contributed by atoms with Crippen LogP contribution < -0.4 is 15.8 Å². The summed E-state index contributed by atoms with van der Waals surface area (Å²) in [6.45, 7) is 10.3. The van der Waals surface area contributed by atoms with Gasteiger partial charge in [0.25, 0.3) is 0 Å². The Hall–Kier alpha value is -1.42. The van der Waals surface area contributed by atoms with Crippen LogP contribution in [0.3, 0.4) is 0 Å². The van der Waals surface area contributed by atoms with Crippen molar-refractivity contribution in [3.8, 4) is 5.75 Å². The Morgan fingerprint density at radius 3 is 2.53 bits per heavy atom. The smallest absolute Gasteiger partial charge is 0.144 e. The molecule has 19 heavy (non-hydrogen) atoms. The normalized spacial score (nSPS) is 11.4. The molecule has 0 saturated carbocycles. The second-order valence-electron chi connectivity index (χ2n) is 5.42. The maximum Gasteiger partial charge on any atom is 0.144 e. The van der Waals surface area contributed by atoms with E-state index in [0.29, 0.717) is 11.7 Å². The number of anilines is 2. The standard InChI is InChI=1S/C15H27N3O/c1-11(2)18(5)9-8-17-13-6-7-14(16)15(10-13)19-12(3)4/h6-7,10-12,17H,8-9,16H2,1-5H3. The van der Waals surface area contributed by atoms with Crippen molar-refractivity contribution < 1.29 is 4.74 Å². The number of rotatable bonds is 7. The molecular formula is C15H27N3O. The third kappa shape index (κ3) is 5.39. The van der Waals surface area contributed by atoms with Gasteiger partial charge < -0.3 is 20.7 Å². The summed E-state index contributed by atoms with van der Waals surface area (Å²) in [7, 11) is 2.13. The Bertz CT molecular complexity index is 391. The van der Waals surface area contributed by atoms with Gasteiger partial charge in [0.2, 0.25) is 0 Å². The number of hydrogen-bond acceptors (Lipinski definition) is 4. The van der Waals surface area contributed by atoms with E-state index in [9.17, 15) is 0 Å². The number of benzene rings is 1. The van der Waals surface area contributed by atoms with Crippen LogP contribution in [-0.2, 0) is 0 Å². The van der Waals surface area contributed by atoms with Crippen LogP contribution in [0.4, 0.5) is 11.4 Å². The fourth-order valence-corrected chi connectivity index (χ4v) is 1.64. The molecule has 0 aromatic heterocycles. The van der Waals surface area contributed by atoms with Gasteiger partial charge in [-0.15, -0.1) is 0 Å². The zero-order chi connectivity index (χ0) is 14.4. The van der Waals surface area contributed by atoms with Gasteiger partial charge in [0.1, 0.15) is 5.75 Å². The van der Waals surface area contributed by atoms with E-state index in [1.807, 2.05) is 32.0 Å². The van der Waals surface area contributed by atoms with Crippen LogP contribution in [-0.4, -0.2) is 37.2 Å². The molecule has 0 bridgehead atoms. The summed E-state index contributed by atoms with van der Waals surface area (Å²) in [5.74, 6) is 0.747. The van der Waals surface area contributed by atoms with Crippen LogP contribution in [0.2, 0.25) is 0 Å². The molecule has 0 fully saturated rings. The SMILES string of the molecule is CC(C)Oc1cc(NCCN(C)C(C)C)ccc1N. The minimum Gasteiger partial charge on any atom is -0.489 e. The van der Waals surface area contributed by atoms with Gasteiger partial charge in [-0.05, 0) is 46.9 Å². The fourth-order valence-electron chi connectivity index (χ4n) is 1.64.